The molecule has 1 aromatic heterocycles. The van der Waals surface area contributed by atoms with Crippen LogP contribution in [0.3, 0.4) is 0 Å². The fourth-order valence-electron chi connectivity index (χ4n) is 1.81. The summed E-state index contributed by atoms with van der Waals surface area (Å²) in [6, 6.07) is 5.45. The highest BCUT2D eigenvalue weighted by Gasteiger charge is 2.04. The second-order valence-electron chi connectivity index (χ2n) is 4.26. The first-order valence-electron chi connectivity index (χ1n) is 6.47. The van der Waals surface area contributed by atoms with Gasteiger partial charge in [0.2, 0.25) is 0 Å². The van der Waals surface area contributed by atoms with Crippen molar-refractivity contribution in [1.29, 1.82) is 0 Å². The maximum absolute atomic E-state index is 5.85. The van der Waals surface area contributed by atoms with E-state index < -0.39 is 0 Å². The average molecular weight is 289 g/mol. The van der Waals surface area contributed by atoms with Gasteiger partial charge < -0.3 is 25.1 Å². The van der Waals surface area contributed by atoms with Crippen LogP contribution in [-0.4, -0.2) is 36.3 Å². The van der Waals surface area contributed by atoms with E-state index in [-0.39, 0.29) is 0 Å². The van der Waals surface area contributed by atoms with Crippen molar-refractivity contribution in [2.75, 3.05) is 26.1 Å². The van der Waals surface area contributed by atoms with Gasteiger partial charge in [-0.2, -0.15) is 0 Å². The van der Waals surface area contributed by atoms with Crippen molar-refractivity contribution in [3.63, 3.8) is 0 Å². The maximum atomic E-state index is 5.85. The lowest BCUT2D eigenvalue weighted by molar-refractivity contribution is 0.355. The van der Waals surface area contributed by atoms with Gasteiger partial charge >= 0.3 is 0 Å². The molecule has 1 heterocycles. The van der Waals surface area contributed by atoms with E-state index in [2.05, 4.69) is 15.3 Å². The van der Waals surface area contributed by atoms with Gasteiger partial charge in [-0.3, -0.25) is 4.99 Å². The molecular weight excluding hydrogens is 270 g/mol. The van der Waals surface area contributed by atoms with Crippen molar-refractivity contribution in [3.05, 3.63) is 36.9 Å². The molecule has 0 spiro atoms. The third kappa shape index (κ3) is 4.13. The van der Waals surface area contributed by atoms with Crippen molar-refractivity contribution in [1.82, 2.24) is 9.55 Å². The number of rotatable bonds is 6. The smallest absolute Gasteiger partial charge is 0.193 e. The maximum Gasteiger partial charge on any atom is 0.193 e. The molecular formula is C14H19N5O2. The molecule has 0 bridgehead atoms. The van der Waals surface area contributed by atoms with Gasteiger partial charge in [0.25, 0.3) is 0 Å². The molecule has 112 valence electrons. The van der Waals surface area contributed by atoms with Crippen LogP contribution in [0.25, 0.3) is 0 Å². The molecule has 0 atom stereocenters. The van der Waals surface area contributed by atoms with E-state index in [0.717, 1.165) is 12.2 Å². The van der Waals surface area contributed by atoms with E-state index in [4.69, 9.17) is 15.2 Å². The number of aliphatic imine (C=N–C) groups is 1. The number of methoxy groups -OCH3 is 2. The summed E-state index contributed by atoms with van der Waals surface area (Å²) in [7, 11) is 3.18. The van der Waals surface area contributed by atoms with Crippen LogP contribution in [0.1, 0.15) is 0 Å². The Labute approximate surface area is 123 Å². The standard InChI is InChI=1S/C14H19N5O2/c1-20-12-4-3-11(9-13(12)21-2)18-14(15)17-6-8-19-7-5-16-10-19/h3-5,7,9-10H,6,8H2,1-2H3,(H3,15,17,18). The monoisotopic (exact) mass is 289 g/mol. The van der Waals surface area contributed by atoms with Gasteiger partial charge in [0.05, 0.1) is 27.1 Å². The predicted octanol–water partition coefficient (Wildman–Crippen LogP) is 1.33. The molecule has 2 aromatic rings. The summed E-state index contributed by atoms with van der Waals surface area (Å²) in [5.74, 6) is 1.65. The third-order valence-electron chi connectivity index (χ3n) is 2.86. The van der Waals surface area contributed by atoms with Crippen LogP contribution >= 0.6 is 0 Å². The topological polar surface area (TPSA) is 86.7 Å². The normalized spacial score (nSPS) is 11.2. The number of hydrogen-bond donors (Lipinski definition) is 2. The van der Waals surface area contributed by atoms with E-state index in [0.29, 0.717) is 24.0 Å². The zero-order valence-electron chi connectivity index (χ0n) is 12.1. The first-order valence-corrected chi connectivity index (χ1v) is 6.47. The lowest BCUT2D eigenvalue weighted by Gasteiger charge is -2.11. The molecule has 0 saturated heterocycles. The third-order valence-corrected chi connectivity index (χ3v) is 2.86. The van der Waals surface area contributed by atoms with Crippen LogP contribution in [0.15, 0.2) is 41.9 Å². The Hall–Kier alpha value is -2.70. The quantitative estimate of drug-likeness (QED) is 0.619. The van der Waals surface area contributed by atoms with Gasteiger partial charge in [0.15, 0.2) is 17.5 Å². The number of guanidine groups is 1. The second kappa shape index (κ2) is 7.18. The number of nitrogens with one attached hydrogen (secondary N) is 1. The van der Waals surface area contributed by atoms with Gasteiger partial charge in [-0.15, -0.1) is 0 Å². The van der Waals surface area contributed by atoms with E-state index in [1.807, 2.05) is 16.8 Å². The summed E-state index contributed by atoms with van der Waals surface area (Å²) in [4.78, 5) is 8.22. The van der Waals surface area contributed by atoms with Crippen LogP contribution in [0.4, 0.5) is 5.69 Å². The lowest BCUT2D eigenvalue weighted by Crippen LogP contribution is -2.23. The molecule has 0 aliphatic carbocycles. The van der Waals surface area contributed by atoms with Crippen LogP contribution < -0.4 is 20.5 Å². The summed E-state index contributed by atoms with van der Waals surface area (Å²) < 4.78 is 12.3. The summed E-state index contributed by atoms with van der Waals surface area (Å²) in [6.07, 6.45) is 5.36. The Morgan fingerprint density at radius 3 is 2.81 bits per heavy atom. The minimum Gasteiger partial charge on any atom is -0.493 e. The van der Waals surface area contributed by atoms with Crippen LogP contribution in [0.2, 0.25) is 0 Å². The number of ether oxygens (including phenoxy) is 2. The Bertz CT molecular complexity index is 595. The number of nitrogens with two attached hydrogens (primary N) is 1. The highest BCUT2D eigenvalue weighted by molar-refractivity contribution is 5.92. The minimum absolute atomic E-state index is 0.349. The predicted molar refractivity (Wildman–Crippen MR) is 81.9 cm³/mol. The molecule has 1 aromatic carbocycles. The minimum atomic E-state index is 0.349. The molecule has 21 heavy (non-hydrogen) atoms. The number of anilines is 1. The van der Waals surface area contributed by atoms with E-state index in [1.54, 1.807) is 38.9 Å². The molecule has 0 aliphatic heterocycles. The first kappa shape index (κ1) is 14.7. The van der Waals surface area contributed by atoms with Crippen molar-refractivity contribution in [2.45, 2.75) is 6.54 Å². The van der Waals surface area contributed by atoms with Crippen molar-refractivity contribution < 1.29 is 9.47 Å². The van der Waals surface area contributed by atoms with E-state index in [1.165, 1.54) is 0 Å². The van der Waals surface area contributed by atoms with Gasteiger partial charge in [0, 0.05) is 30.7 Å². The van der Waals surface area contributed by atoms with E-state index in [9.17, 15) is 0 Å². The van der Waals surface area contributed by atoms with Gasteiger partial charge in [0.1, 0.15) is 0 Å². The molecule has 7 nitrogen and oxygen atoms in total. The van der Waals surface area contributed by atoms with Crippen molar-refractivity contribution >= 4 is 11.6 Å². The Morgan fingerprint density at radius 2 is 2.14 bits per heavy atom. The van der Waals surface area contributed by atoms with Gasteiger partial charge in [-0.25, -0.2) is 4.98 Å². The number of nitrogens with zero attached hydrogens (tertiary/aromatic N) is 3. The number of hydrogen-bond acceptors (Lipinski definition) is 4. The summed E-state index contributed by atoms with van der Waals surface area (Å²) in [5, 5.41) is 3.02. The molecule has 0 aliphatic rings. The Morgan fingerprint density at radius 1 is 1.33 bits per heavy atom. The fourth-order valence-corrected chi connectivity index (χ4v) is 1.81. The van der Waals surface area contributed by atoms with Crippen molar-refractivity contribution in [2.24, 2.45) is 10.7 Å². The van der Waals surface area contributed by atoms with Crippen LogP contribution in [-0.2, 0) is 6.54 Å². The van der Waals surface area contributed by atoms with E-state index >= 15 is 0 Å². The lowest BCUT2D eigenvalue weighted by atomic mass is 10.3. The molecule has 0 unspecified atom stereocenters. The Kier molecular flexibility index (Phi) is 5.03. The van der Waals surface area contributed by atoms with Crippen molar-refractivity contribution in [3.8, 4) is 11.5 Å². The molecule has 7 heteroatoms. The molecule has 2 rings (SSSR count). The van der Waals surface area contributed by atoms with Gasteiger partial charge in [-0.1, -0.05) is 0 Å². The SMILES string of the molecule is COc1ccc(NC(N)=NCCn2ccnc2)cc1OC. The number of imidazole rings is 1. The molecule has 0 saturated carbocycles. The second-order valence-corrected chi connectivity index (χ2v) is 4.26. The molecule has 0 amide bonds. The summed E-state index contributed by atoms with van der Waals surface area (Å²) in [5.41, 5.74) is 6.64. The molecule has 0 fully saturated rings. The zero-order valence-corrected chi connectivity index (χ0v) is 12.1. The van der Waals surface area contributed by atoms with Gasteiger partial charge in [-0.05, 0) is 12.1 Å². The number of benzene rings is 1. The van der Waals surface area contributed by atoms with Crippen LogP contribution in [0, 0.1) is 0 Å². The zero-order chi connectivity index (χ0) is 15.1. The van der Waals surface area contributed by atoms with Crippen LogP contribution in [0.5, 0.6) is 11.5 Å². The fraction of sp³-hybridized carbons (Fsp3) is 0.286. The summed E-state index contributed by atoms with van der Waals surface area (Å²) >= 11 is 0. The highest BCUT2D eigenvalue weighted by atomic mass is 16.5. The molecule has 0 radical (unpaired) electrons. The molecule has 3 N–H and O–H groups in total. The highest BCUT2D eigenvalue weighted by Crippen LogP contribution is 2.29. The average Bonchev–Trinajstić information content (AvgIpc) is 3.00. The first-order chi connectivity index (χ1) is 10.2. The Balaban J connectivity index is 1.93. The summed E-state index contributed by atoms with van der Waals surface area (Å²) in [6.45, 7) is 1.30. The largest absolute Gasteiger partial charge is 0.493 e. The number of aromatic nitrogens is 2.